The Balaban J connectivity index is 1.92. The van der Waals surface area contributed by atoms with Gasteiger partial charge in [-0.15, -0.1) is 0 Å². The van der Waals surface area contributed by atoms with Crippen molar-refractivity contribution < 1.29 is 19.2 Å². The van der Waals surface area contributed by atoms with Crippen LogP contribution in [-0.4, -0.2) is 23.8 Å². The molecule has 2 amide bonds. The molecule has 3 aromatic carbocycles. The molecule has 0 unspecified atom stereocenters. The zero-order valence-electron chi connectivity index (χ0n) is 16.9. The van der Waals surface area contributed by atoms with E-state index in [1.54, 1.807) is 48.5 Å². The standard InChI is InChI=1S/C23H18ClN3O5/c1-32-21-5-3-2-4-19(21)22(28)26-20(14-15-6-12-18(13-7-15)27(30)31)23(29)25-17-10-8-16(24)9-11-17/h2-14H,1H3,(H,25,29)(H,26,28)/b20-14-. The summed E-state index contributed by atoms with van der Waals surface area (Å²) in [6.45, 7) is 0. The zero-order chi connectivity index (χ0) is 23.1. The van der Waals surface area contributed by atoms with E-state index in [1.807, 2.05) is 0 Å². The largest absolute Gasteiger partial charge is 0.496 e. The number of carbonyl (C=O) groups excluding carboxylic acids is 2. The number of anilines is 1. The number of carbonyl (C=O) groups is 2. The van der Waals surface area contributed by atoms with Crippen LogP contribution in [-0.2, 0) is 4.79 Å². The third-order valence-electron chi connectivity index (χ3n) is 4.36. The summed E-state index contributed by atoms with van der Waals surface area (Å²) in [5.41, 5.74) is 1.04. The topological polar surface area (TPSA) is 111 Å². The van der Waals surface area contributed by atoms with Crippen LogP contribution in [0.3, 0.4) is 0 Å². The molecule has 0 aliphatic rings. The molecule has 3 rings (SSSR count). The van der Waals surface area contributed by atoms with Crippen LogP contribution in [0.2, 0.25) is 5.02 Å². The molecular formula is C23H18ClN3O5. The van der Waals surface area contributed by atoms with Gasteiger partial charge in [-0.25, -0.2) is 0 Å². The molecule has 9 heteroatoms. The minimum Gasteiger partial charge on any atom is -0.496 e. The van der Waals surface area contributed by atoms with Gasteiger partial charge in [0.05, 0.1) is 17.6 Å². The fourth-order valence-corrected chi connectivity index (χ4v) is 2.90. The Kier molecular flexibility index (Phi) is 7.20. The minimum atomic E-state index is -0.589. The van der Waals surface area contributed by atoms with Crippen molar-refractivity contribution in [2.24, 2.45) is 0 Å². The lowest BCUT2D eigenvalue weighted by Crippen LogP contribution is -2.31. The highest BCUT2D eigenvalue weighted by Gasteiger charge is 2.18. The predicted octanol–water partition coefficient (Wildman–Crippen LogP) is 4.67. The van der Waals surface area contributed by atoms with Gasteiger partial charge in [-0.3, -0.25) is 19.7 Å². The normalized spacial score (nSPS) is 10.9. The highest BCUT2D eigenvalue weighted by Crippen LogP contribution is 2.19. The quantitative estimate of drug-likeness (QED) is 0.308. The van der Waals surface area contributed by atoms with Crippen LogP contribution in [0, 0.1) is 10.1 Å². The van der Waals surface area contributed by atoms with Crippen molar-refractivity contribution in [1.82, 2.24) is 5.32 Å². The molecule has 0 radical (unpaired) electrons. The minimum absolute atomic E-state index is 0.0651. The van der Waals surface area contributed by atoms with E-state index in [1.165, 1.54) is 37.5 Å². The fraction of sp³-hybridized carbons (Fsp3) is 0.0435. The van der Waals surface area contributed by atoms with E-state index >= 15 is 0 Å². The molecular weight excluding hydrogens is 434 g/mol. The number of hydrogen-bond donors (Lipinski definition) is 2. The summed E-state index contributed by atoms with van der Waals surface area (Å²) in [6, 6.07) is 18.6. The summed E-state index contributed by atoms with van der Waals surface area (Å²) in [7, 11) is 1.44. The van der Waals surface area contributed by atoms with E-state index in [4.69, 9.17) is 16.3 Å². The molecule has 2 N–H and O–H groups in total. The van der Waals surface area contributed by atoms with E-state index in [-0.39, 0.29) is 16.9 Å². The molecule has 0 saturated heterocycles. The Labute approximate surface area is 188 Å². The number of amides is 2. The van der Waals surface area contributed by atoms with E-state index in [0.717, 1.165) is 0 Å². The second kappa shape index (κ2) is 10.2. The lowest BCUT2D eigenvalue weighted by Gasteiger charge is -2.13. The van der Waals surface area contributed by atoms with E-state index in [0.29, 0.717) is 22.0 Å². The van der Waals surface area contributed by atoms with E-state index < -0.39 is 16.7 Å². The van der Waals surface area contributed by atoms with Gasteiger partial charge in [0.1, 0.15) is 11.4 Å². The Morgan fingerprint density at radius 3 is 2.28 bits per heavy atom. The second-order valence-corrected chi connectivity index (χ2v) is 6.96. The predicted molar refractivity (Wildman–Crippen MR) is 122 cm³/mol. The SMILES string of the molecule is COc1ccccc1C(=O)N/C(=C\c1ccc([N+](=O)[O-])cc1)C(=O)Nc1ccc(Cl)cc1. The highest BCUT2D eigenvalue weighted by atomic mass is 35.5. The van der Waals surface area contributed by atoms with Crippen LogP contribution >= 0.6 is 11.6 Å². The third-order valence-corrected chi connectivity index (χ3v) is 4.61. The van der Waals surface area contributed by atoms with Crippen LogP contribution in [0.15, 0.2) is 78.5 Å². The number of nitrogens with zero attached hydrogens (tertiary/aromatic N) is 1. The first-order chi connectivity index (χ1) is 15.4. The molecule has 0 aliphatic carbocycles. The van der Waals surface area contributed by atoms with Crippen LogP contribution in [0.1, 0.15) is 15.9 Å². The number of benzene rings is 3. The van der Waals surface area contributed by atoms with Crippen LogP contribution < -0.4 is 15.4 Å². The molecule has 8 nitrogen and oxygen atoms in total. The summed E-state index contributed by atoms with van der Waals surface area (Å²) in [6.07, 6.45) is 1.42. The summed E-state index contributed by atoms with van der Waals surface area (Å²) < 4.78 is 5.21. The summed E-state index contributed by atoms with van der Waals surface area (Å²) >= 11 is 5.88. The van der Waals surface area contributed by atoms with Crippen molar-refractivity contribution >= 4 is 40.9 Å². The van der Waals surface area contributed by atoms with Gasteiger partial charge in [0.25, 0.3) is 17.5 Å². The van der Waals surface area contributed by atoms with Crippen LogP contribution in [0.5, 0.6) is 5.75 Å². The first-order valence-corrected chi connectivity index (χ1v) is 9.72. The molecule has 3 aromatic rings. The van der Waals surface area contributed by atoms with Gasteiger partial charge in [0.15, 0.2) is 0 Å². The lowest BCUT2D eigenvalue weighted by molar-refractivity contribution is -0.384. The number of para-hydroxylation sites is 1. The maximum absolute atomic E-state index is 12.9. The fourth-order valence-electron chi connectivity index (χ4n) is 2.77. The zero-order valence-corrected chi connectivity index (χ0v) is 17.6. The molecule has 0 aliphatic heterocycles. The van der Waals surface area contributed by atoms with Crippen molar-refractivity contribution in [2.75, 3.05) is 12.4 Å². The number of halogens is 1. The number of ether oxygens (including phenoxy) is 1. The van der Waals surface area contributed by atoms with Gasteiger partial charge < -0.3 is 15.4 Å². The number of non-ortho nitro benzene ring substituents is 1. The van der Waals surface area contributed by atoms with Gasteiger partial charge >= 0.3 is 0 Å². The number of nitrogens with one attached hydrogen (secondary N) is 2. The molecule has 32 heavy (non-hydrogen) atoms. The number of methoxy groups -OCH3 is 1. The van der Waals surface area contributed by atoms with Crippen molar-refractivity contribution in [3.63, 3.8) is 0 Å². The molecule has 0 spiro atoms. The van der Waals surface area contributed by atoms with E-state index in [9.17, 15) is 19.7 Å². The molecule has 162 valence electrons. The van der Waals surface area contributed by atoms with Crippen LogP contribution in [0.4, 0.5) is 11.4 Å². The van der Waals surface area contributed by atoms with E-state index in [2.05, 4.69) is 10.6 Å². The monoisotopic (exact) mass is 451 g/mol. The smallest absolute Gasteiger partial charge is 0.272 e. The molecule has 0 bridgehead atoms. The molecule has 0 aromatic heterocycles. The van der Waals surface area contributed by atoms with Gasteiger partial charge in [0.2, 0.25) is 0 Å². The maximum Gasteiger partial charge on any atom is 0.272 e. The van der Waals surface area contributed by atoms with Gasteiger partial charge in [-0.2, -0.15) is 0 Å². The van der Waals surface area contributed by atoms with Gasteiger partial charge in [-0.1, -0.05) is 23.7 Å². The van der Waals surface area contributed by atoms with Crippen molar-refractivity contribution in [1.29, 1.82) is 0 Å². The first kappa shape index (κ1) is 22.5. The molecule has 0 heterocycles. The first-order valence-electron chi connectivity index (χ1n) is 9.35. The Morgan fingerprint density at radius 2 is 1.66 bits per heavy atom. The molecule has 0 atom stereocenters. The maximum atomic E-state index is 12.9. The molecule has 0 saturated carbocycles. The average Bonchev–Trinajstić information content (AvgIpc) is 2.80. The summed E-state index contributed by atoms with van der Waals surface area (Å²) in [5.74, 6) is -0.798. The number of hydrogen-bond acceptors (Lipinski definition) is 5. The summed E-state index contributed by atoms with van der Waals surface area (Å²) in [5, 5.41) is 16.7. The third kappa shape index (κ3) is 5.71. The number of nitro groups is 1. The highest BCUT2D eigenvalue weighted by molar-refractivity contribution is 6.30. The number of nitro benzene ring substituents is 1. The Bertz CT molecular complexity index is 1170. The van der Waals surface area contributed by atoms with Gasteiger partial charge in [0, 0.05) is 22.8 Å². The van der Waals surface area contributed by atoms with Crippen molar-refractivity contribution in [3.8, 4) is 5.75 Å². The van der Waals surface area contributed by atoms with Crippen LogP contribution in [0.25, 0.3) is 6.08 Å². The average molecular weight is 452 g/mol. The van der Waals surface area contributed by atoms with Gasteiger partial charge in [-0.05, 0) is 60.2 Å². The lowest BCUT2D eigenvalue weighted by atomic mass is 10.1. The second-order valence-electron chi connectivity index (χ2n) is 6.52. The van der Waals surface area contributed by atoms with Crippen molar-refractivity contribution in [3.05, 3.63) is 105 Å². The van der Waals surface area contributed by atoms with Crippen molar-refractivity contribution in [2.45, 2.75) is 0 Å². The Hall–Kier alpha value is -4.17. The molecule has 0 fully saturated rings. The summed E-state index contributed by atoms with van der Waals surface area (Å²) in [4.78, 5) is 36.1. The Morgan fingerprint density at radius 1 is 1.00 bits per heavy atom. The number of rotatable bonds is 7.